The minimum Gasteiger partial charge on any atom is -0.378 e. The highest BCUT2D eigenvalue weighted by Crippen LogP contribution is 2.29. The number of hydrogen-bond donors (Lipinski definition) is 1. The molecule has 1 aliphatic rings. The Labute approximate surface area is 199 Å². The Kier molecular flexibility index (Phi) is 8.86. The number of primary amides is 1. The molecule has 0 aliphatic carbocycles. The number of aliphatic imine (C=N–C) groups is 1. The van der Waals surface area contributed by atoms with Crippen molar-refractivity contribution in [3.63, 3.8) is 0 Å². The largest absolute Gasteiger partial charge is 0.378 e. The summed E-state index contributed by atoms with van der Waals surface area (Å²) in [4.78, 5) is 31.6. The number of ketones is 1. The van der Waals surface area contributed by atoms with Crippen LogP contribution in [0.2, 0.25) is 0 Å². The minimum atomic E-state index is -0.876. The average Bonchev–Trinajstić information content (AvgIpc) is 2.86. The zero-order chi connectivity index (χ0) is 23.8. The molecular formula is C26H31N3O3S. The first-order valence-electron chi connectivity index (χ1n) is 11.1. The molecule has 2 N–H and O–H groups in total. The molecule has 0 spiro atoms. The van der Waals surface area contributed by atoms with Crippen molar-refractivity contribution in [2.24, 2.45) is 22.6 Å². The van der Waals surface area contributed by atoms with E-state index < -0.39 is 17.7 Å². The maximum atomic E-state index is 12.9. The third kappa shape index (κ3) is 6.55. The number of amides is 1. The van der Waals surface area contributed by atoms with E-state index in [1.165, 1.54) is 11.8 Å². The van der Waals surface area contributed by atoms with Gasteiger partial charge in [0.15, 0.2) is 5.78 Å². The third-order valence-electron chi connectivity index (χ3n) is 5.74. The number of Topliss-reactive ketones (excluding diaryl/α,β-unsaturated/α-hetero) is 1. The summed E-state index contributed by atoms with van der Waals surface area (Å²) in [7, 11) is 0. The molecule has 2 aromatic carbocycles. The molecule has 0 saturated carbocycles. The van der Waals surface area contributed by atoms with Crippen LogP contribution in [0.4, 0.5) is 0 Å². The fraction of sp³-hybridized carbons (Fsp3) is 0.346. The van der Waals surface area contributed by atoms with Gasteiger partial charge in [-0.2, -0.15) is 0 Å². The molecule has 33 heavy (non-hydrogen) atoms. The zero-order valence-corrected chi connectivity index (χ0v) is 20.0. The first-order chi connectivity index (χ1) is 15.9. The molecule has 2 atom stereocenters. The quantitative estimate of drug-likeness (QED) is 0.342. The zero-order valence-electron chi connectivity index (χ0n) is 19.2. The Balaban J connectivity index is 1.88. The lowest BCUT2D eigenvalue weighted by atomic mass is 9.95. The van der Waals surface area contributed by atoms with Gasteiger partial charge in [0.05, 0.1) is 41.7 Å². The van der Waals surface area contributed by atoms with Gasteiger partial charge in [-0.25, -0.2) is 0 Å². The van der Waals surface area contributed by atoms with Crippen LogP contribution >= 0.6 is 11.8 Å². The van der Waals surface area contributed by atoms with Crippen LogP contribution in [-0.4, -0.2) is 47.9 Å². The minimum absolute atomic E-state index is 0.236. The Bertz CT molecular complexity index is 1020. The molecule has 1 amide bonds. The van der Waals surface area contributed by atoms with Gasteiger partial charge in [0.25, 0.3) is 0 Å². The highest BCUT2D eigenvalue weighted by Gasteiger charge is 2.29. The van der Waals surface area contributed by atoms with E-state index >= 15 is 0 Å². The van der Waals surface area contributed by atoms with E-state index in [0.717, 1.165) is 34.8 Å². The van der Waals surface area contributed by atoms with E-state index in [9.17, 15) is 9.59 Å². The summed E-state index contributed by atoms with van der Waals surface area (Å²) in [6.45, 7) is 10.7. The smallest absolute Gasteiger partial charge is 0.227 e. The van der Waals surface area contributed by atoms with E-state index in [4.69, 9.17) is 15.5 Å². The Hall–Kier alpha value is -2.90. The van der Waals surface area contributed by atoms with Crippen LogP contribution in [0.25, 0.3) is 11.1 Å². The first-order valence-corrected chi connectivity index (χ1v) is 11.9. The fourth-order valence-electron chi connectivity index (χ4n) is 3.61. The number of carbonyl (C=O) groups is 2. The van der Waals surface area contributed by atoms with Crippen LogP contribution in [0.5, 0.6) is 0 Å². The second kappa shape index (κ2) is 11.8. The maximum Gasteiger partial charge on any atom is 0.227 e. The number of thioether (sulfide) groups is 1. The van der Waals surface area contributed by atoms with Gasteiger partial charge in [-0.1, -0.05) is 72.9 Å². The summed E-state index contributed by atoms with van der Waals surface area (Å²) in [5.74, 6) is -2.31. The first kappa shape index (κ1) is 24.7. The number of benzene rings is 2. The molecule has 7 heteroatoms. The molecule has 6 nitrogen and oxygen atoms in total. The molecule has 1 saturated heterocycles. The van der Waals surface area contributed by atoms with Gasteiger partial charge in [0.2, 0.25) is 5.91 Å². The summed E-state index contributed by atoms with van der Waals surface area (Å²) in [5, 5.41) is 1.45. The highest BCUT2D eigenvalue weighted by molar-refractivity contribution is 8.17. The van der Waals surface area contributed by atoms with Crippen LogP contribution in [0.15, 0.2) is 71.2 Å². The lowest BCUT2D eigenvalue weighted by molar-refractivity contribution is -0.132. The Morgan fingerprint density at radius 2 is 1.70 bits per heavy atom. The molecular weight excluding hydrogens is 434 g/mol. The summed E-state index contributed by atoms with van der Waals surface area (Å²) < 4.78 is 5.43. The number of rotatable bonds is 9. The van der Waals surface area contributed by atoms with Crippen LogP contribution in [0.1, 0.15) is 19.4 Å². The van der Waals surface area contributed by atoms with Crippen molar-refractivity contribution in [3.05, 3.63) is 71.8 Å². The van der Waals surface area contributed by atoms with Crippen molar-refractivity contribution >= 4 is 28.5 Å². The van der Waals surface area contributed by atoms with Crippen LogP contribution in [0, 0.1) is 11.8 Å². The summed E-state index contributed by atoms with van der Waals surface area (Å²) in [6, 6.07) is 18.3. The van der Waals surface area contributed by atoms with Gasteiger partial charge in [0, 0.05) is 13.1 Å². The molecule has 3 rings (SSSR count). The van der Waals surface area contributed by atoms with Crippen molar-refractivity contribution in [1.29, 1.82) is 0 Å². The predicted molar refractivity (Wildman–Crippen MR) is 135 cm³/mol. The third-order valence-corrected chi connectivity index (χ3v) is 6.93. The van der Waals surface area contributed by atoms with E-state index in [1.807, 2.05) is 36.4 Å². The number of nitrogens with two attached hydrogens (primary N) is 1. The Morgan fingerprint density at radius 1 is 1.06 bits per heavy atom. The summed E-state index contributed by atoms with van der Waals surface area (Å²) >= 11 is 1.39. The van der Waals surface area contributed by atoms with E-state index in [0.29, 0.717) is 24.8 Å². The number of carbonyl (C=O) groups excluding carboxylic acids is 2. The van der Waals surface area contributed by atoms with Crippen LogP contribution < -0.4 is 5.73 Å². The van der Waals surface area contributed by atoms with Gasteiger partial charge in [0.1, 0.15) is 0 Å². The van der Waals surface area contributed by atoms with Gasteiger partial charge in [-0.05, 0) is 30.5 Å². The number of nitrogens with zero attached hydrogens (tertiary/aromatic N) is 2. The topological polar surface area (TPSA) is 85.0 Å². The van der Waals surface area contributed by atoms with Crippen molar-refractivity contribution in [3.8, 4) is 11.1 Å². The molecule has 2 unspecified atom stereocenters. The summed E-state index contributed by atoms with van der Waals surface area (Å²) in [5.41, 5.74) is 8.67. The molecule has 174 valence electrons. The fourth-order valence-corrected chi connectivity index (χ4v) is 4.59. The van der Waals surface area contributed by atoms with Gasteiger partial charge in [-0.15, -0.1) is 0 Å². The van der Waals surface area contributed by atoms with E-state index in [-0.39, 0.29) is 5.78 Å². The van der Waals surface area contributed by atoms with E-state index in [1.54, 1.807) is 13.8 Å². The lowest BCUT2D eigenvalue weighted by Gasteiger charge is -2.30. The van der Waals surface area contributed by atoms with Gasteiger partial charge in [-0.3, -0.25) is 14.6 Å². The molecule has 1 heterocycles. The normalized spacial score (nSPS) is 16.2. The van der Waals surface area contributed by atoms with Crippen LogP contribution in [0.3, 0.4) is 0 Å². The van der Waals surface area contributed by atoms with Crippen LogP contribution in [-0.2, 0) is 20.9 Å². The van der Waals surface area contributed by atoms with E-state index in [2.05, 4.69) is 29.7 Å². The van der Waals surface area contributed by atoms with Crippen molar-refractivity contribution in [2.75, 3.05) is 26.3 Å². The van der Waals surface area contributed by atoms with Crippen molar-refractivity contribution in [1.82, 2.24) is 4.90 Å². The SMILES string of the molecule is C=C(SC(=NCc1ccccc1-c1ccccc1)C(C)C(=O)C(C)C(N)=O)N1CCOCC1. The lowest BCUT2D eigenvalue weighted by Crippen LogP contribution is -2.36. The molecule has 2 aromatic rings. The predicted octanol–water partition coefficient (Wildman–Crippen LogP) is 4.12. The molecule has 0 radical (unpaired) electrons. The highest BCUT2D eigenvalue weighted by atomic mass is 32.2. The maximum absolute atomic E-state index is 12.9. The second-order valence-corrected chi connectivity index (χ2v) is 9.11. The van der Waals surface area contributed by atoms with Gasteiger partial charge >= 0.3 is 0 Å². The molecule has 0 aromatic heterocycles. The summed E-state index contributed by atoms with van der Waals surface area (Å²) in [6.07, 6.45) is 0. The standard InChI is InChI=1S/C26H31N3O3S/c1-18(25(27)31)24(30)19(2)26(33-20(3)29-13-15-32-16-14-29)28-17-22-11-7-8-12-23(22)21-9-5-4-6-10-21/h4-12,18-19H,3,13-17H2,1-2H3,(H2,27,31). The monoisotopic (exact) mass is 465 g/mol. The van der Waals surface area contributed by atoms with Gasteiger partial charge < -0.3 is 15.4 Å². The number of hydrogen-bond acceptors (Lipinski definition) is 6. The number of ether oxygens (including phenoxy) is 1. The van der Waals surface area contributed by atoms with Crippen molar-refractivity contribution < 1.29 is 14.3 Å². The average molecular weight is 466 g/mol. The Morgan fingerprint density at radius 3 is 2.36 bits per heavy atom. The second-order valence-electron chi connectivity index (χ2n) is 8.02. The van der Waals surface area contributed by atoms with Crippen molar-refractivity contribution in [2.45, 2.75) is 20.4 Å². The molecule has 1 fully saturated rings. The molecule has 1 aliphatic heterocycles. The number of morpholine rings is 1. The molecule has 0 bridgehead atoms.